The van der Waals surface area contributed by atoms with Crippen molar-refractivity contribution in [1.82, 2.24) is 14.8 Å². The molecule has 126 valence electrons. The van der Waals surface area contributed by atoms with Gasteiger partial charge in [0.15, 0.2) is 0 Å². The number of halogens is 1. The fourth-order valence-electron chi connectivity index (χ4n) is 2.92. The smallest absolute Gasteiger partial charge is 0.270 e. The molecule has 24 heavy (non-hydrogen) atoms. The summed E-state index contributed by atoms with van der Waals surface area (Å²) in [6.45, 7) is 3.96. The minimum Gasteiger partial charge on any atom is -0.336 e. The van der Waals surface area contributed by atoms with Gasteiger partial charge in [-0.15, -0.1) is 0 Å². The molecule has 1 amide bonds. The van der Waals surface area contributed by atoms with Gasteiger partial charge < -0.3 is 9.88 Å². The van der Waals surface area contributed by atoms with Crippen LogP contribution in [0, 0.1) is 0 Å². The molecule has 1 N–H and O–H groups in total. The van der Waals surface area contributed by atoms with Crippen molar-refractivity contribution in [3.63, 3.8) is 0 Å². The van der Waals surface area contributed by atoms with Crippen molar-refractivity contribution < 1.29 is 4.79 Å². The first kappa shape index (κ1) is 16.7. The molecule has 1 aliphatic heterocycles. The fraction of sp³-hybridized carbons (Fsp3) is 0.333. The molecule has 0 saturated carbocycles. The van der Waals surface area contributed by atoms with Gasteiger partial charge in [0.05, 0.1) is 0 Å². The highest BCUT2D eigenvalue weighted by Gasteiger charge is 2.20. The average Bonchev–Trinajstić information content (AvgIpc) is 2.82. The summed E-state index contributed by atoms with van der Waals surface area (Å²) in [4.78, 5) is 30.7. The maximum absolute atomic E-state index is 12.5. The molecule has 1 aromatic carbocycles. The van der Waals surface area contributed by atoms with E-state index in [1.165, 1.54) is 11.6 Å². The van der Waals surface area contributed by atoms with E-state index in [0.29, 0.717) is 18.8 Å². The van der Waals surface area contributed by atoms with Crippen molar-refractivity contribution in [2.45, 2.75) is 13.0 Å². The summed E-state index contributed by atoms with van der Waals surface area (Å²) in [6.07, 6.45) is 0.913. The van der Waals surface area contributed by atoms with Gasteiger partial charge in [-0.3, -0.25) is 14.5 Å². The van der Waals surface area contributed by atoms with E-state index in [9.17, 15) is 9.59 Å². The van der Waals surface area contributed by atoms with Crippen LogP contribution in [0.1, 0.15) is 22.5 Å². The molecule has 0 spiro atoms. The predicted molar refractivity (Wildman–Crippen MR) is 94.3 cm³/mol. The Balaban J connectivity index is 1.61. The van der Waals surface area contributed by atoms with Gasteiger partial charge in [-0.1, -0.05) is 29.8 Å². The van der Waals surface area contributed by atoms with Crippen molar-refractivity contribution in [2.24, 2.45) is 0 Å². The second-order valence-corrected chi connectivity index (χ2v) is 6.41. The number of rotatable bonds is 3. The third kappa shape index (κ3) is 4.24. The molecule has 1 fully saturated rings. The van der Waals surface area contributed by atoms with Crippen LogP contribution in [-0.2, 0) is 6.54 Å². The van der Waals surface area contributed by atoms with Crippen LogP contribution >= 0.6 is 11.6 Å². The van der Waals surface area contributed by atoms with E-state index in [1.54, 1.807) is 12.1 Å². The van der Waals surface area contributed by atoms with E-state index in [0.717, 1.165) is 31.1 Å². The van der Waals surface area contributed by atoms with Gasteiger partial charge in [0, 0.05) is 43.8 Å². The molecule has 2 aromatic rings. The molecule has 1 aromatic heterocycles. The van der Waals surface area contributed by atoms with Crippen molar-refractivity contribution >= 4 is 17.5 Å². The highest BCUT2D eigenvalue weighted by Crippen LogP contribution is 2.13. The first-order valence-corrected chi connectivity index (χ1v) is 8.45. The van der Waals surface area contributed by atoms with Gasteiger partial charge in [0.1, 0.15) is 5.69 Å². The molecule has 6 heteroatoms. The van der Waals surface area contributed by atoms with Gasteiger partial charge >= 0.3 is 0 Å². The zero-order valence-corrected chi connectivity index (χ0v) is 14.1. The van der Waals surface area contributed by atoms with Crippen LogP contribution in [-0.4, -0.2) is 46.9 Å². The number of carbonyl (C=O) groups is 1. The molecule has 0 radical (unpaired) electrons. The quantitative estimate of drug-likeness (QED) is 0.929. The minimum atomic E-state index is -0.250. The topological polar surface area (TPSA) is 56.4 Å². The van der Waals surface area contributed by atoms with E-state index >= 15 is 0 Å². The molecule has 0 aliphatic carbocycles. The highest BCUT2D eigenvalue weighted by atomic mass is 35.5. The lowest BCUT2D eigenvalue weighted by atomic mass is 10.2. The van der Waals surface area contributed by atoms with Crippen LogP contribution in [0.5, 0.6) is 0 Å². The lowest BCUT2D eigenvalue weighted by Gasteiger charge is -2.22. The number of hydrogen-bond acceptors (Lipinski definition) is 3. The zero-order valence-electron chi connectivity index (χ0n) is 13.4. The lowest BCUT2D eigenvalue weighted by Crippen LogP contribution is -2.36. The van der Waals surface area contributed by atoms with E-state index < -0.39 is 0 Å². The number of amides is 1. The molecule has 5 nitrogen and oxygen atoms in total. The normalized spacial score (nSPS) is 16.0. The van der Waals surface area contributed by atoms with Crippen molar-refractivity contribution in [3.8, 4) is 0 Å². The SMILES string of the molecule is O=C(c1cccc(=O)[nH]1)N1CCCN(Cc2ccc(Cl)cc2)CC1. The van der Waals surface area contributed by atoms with Gasteiger partial charge in [-0.25, -0.2) is 0 Å². The average molecular weight is 346 g/mol. The number of aromatic amines is 1. The number of hydrogen-bond donors (Lipinski definition) is 1. The maximum Gasteiger partial charge on any atom is 0.270 e. The fourth-order valence-corrected chi connectivity index (χ4v) is 3.05. The second kappa shape index (κ2) is 7.64. The van der Waals surface area contributed by atoms with Crippen LogP contribution < -0.4 is 5.56 Å². The van der Waals surface area contributed by atoms with Gasteiger partial charge in [-0.2, -0.15) is 0 Å². The summed E-state index contributed by atoms with van der Waals surface area (Å²) in [7, 11) is 0. The summed E-state index contributed by atoms with van der Waals surface area (Å²) >= 11 is 5.92. The van der Waals surface area contributed by atoms with Crippen molar-refractivity contribution in [1.29, 1.82) is 0 Å². The molecule has 3 rings (SSSR count). The molecule has 0 unspecified atom stereocenters. The second-order valence-electron chi connectivity index (χ2n) is 5.98. The van der Waals surface area contributed by atoms with Crippen LogP contribution in [0.15, 0.2) is 47.3 Å². The summed E-state index contributed by atoms with van der Waals surface area (Å²) in [5.74, 6) is -0.110. The van der Waals surface area contributed by atoms with Crippen LogP contribution in [0.2, 0.25) is 5.02 Å². The lowest BCUT2D eigenvalue weighted by molar-refractivity contribution is 0.0755. The number of benzene rings is 1. The molecule has 1 aliphatic rings. The minimum absolute atomic E-state index is 0.110. The van der Waals surface area contributed by atoms with Crippen molar-refractivity contribution in [2.75, 3.05) is 26.2 Å². The van der Waals surface area contributed by atoms with Crippen molar-refractivity contribution in [3.05, 3.63) is 69.1 Å². The van der Waals surface area contributed by atoms with E-state index in [2.05, 4.69) is 9.88 Å². The largest absolute Gasteiger partial charge is 0.336 e. The summed E-state index contributed by atoms with van der Waals surface area (Å²) in [5, 5.41) is 0.739. The van der Waals surface area contributed by atoms with Gasteiger partial charge in [-0.05, 0) is 30.2 Å². The Kier molecular flexibility index (Phi) is 5.33. The number of aromatic nitrogens is 1. The monoisotopic (exact) mass is 345 g/mol. The highest BCUT2D eigenvalue weighted by molar-refractivity contribution is 6.30. The maximum atomic E-state index is 12.5. The Labute approximate surface area is 145 Å². The molecule has 1 saturated heterocycles. The Bertz CT molecular complexity index is 757. The Morgan fingerprint density at radius 2 is 1.83 bits per heavy atom. The summed E-state index contributed by atoms with van der Waals surface area (Å²) in [5.41, 5.74) is 1.32. The van der Waals surface area contributed by atoms with E-state index in [1.807, 2.05) is 29.2 Å². The number of nitrogens with one attached hydrogen (secondary N) is 1. The van der Waals surface area contributed by atoms with Crippen LogP contribution in [0.25, 0.3) is 0 Å². The third-order valence-electron chi connectivity index (χ3n) is 4.19. The molecule has 0 bridgehead atoms. The van der Waals surface area contributed by atoms with Gasteiger partial charge in [0.25, 0.3) is 5.91 Å². The third-order valence-corrected chi connectivity index (χ3v) is 4.45. The number of H-pyrrole nitrogens is 1. The van der Waals surface area contributed by atoms with Gasteiger partial charge in [0.2, 0.25) is 5.56 Å². The Morgan fingerprint density at radius 3 is 2.58 bits per heavy atom. The predicted octanol–water partition coefficient (Wildman–Crippen LogP) is 2.38. The first-order chi connectivity index (χ1) is 11.6. The first-order valence-electron chi connectivity index (χ1n) is 8.07. The zero-order chi connectivity index (χ0) is 16.9. The summed E-state index contributed by atoms with van der Waals surface area (Å²) in [6, 6.07) is 12.5. The summed E-state index contributed by atoms with van der Waals surface area (Å²) < 4.78 is 0. The van der Waals surface area contributed by atoms with E-state index in [-0.39, 0.29) is 11.5 Å². The van der Waals surface area contributed by atoms with Crippen LogP contribution in [0.3, 0.4) is 0 Å². The number of carbonyl (C=O) groups excluding carboxylic acids is 1. The molecular formula is C18H20ClN3O2. The number of pyridine rings is 1. The Morgan fingerprint density at radius 1 is 1.04 bits per heavy atom. The standard InChI is InChI=1S/C18H20ClN3O2/c19-15-7-5-14(6-8-15)13-21-9-2-10-22(12-11-21)18(24)16-3-1-4-17(23)20-16/h1,3-8H,2,9-13H2,(H,20,23). The number of nitrogens with zero attached hydrogens (tertiary/aromatic N) is 2. The van der Waals surface area contributed by atoms with Crippen LogP contribution in [0.4, 0.5) is 0 Å². The Hall–Kier alpha value is -2.11. The van der Waals surface area contributed by atoms with E-state index in [4.69, 9.17) is 11.6 Å². The molecule has 0 atom stereocenters. The molecule has 2 heterocycles. The molecular weight excluding hydrogens is 326 g/mol.